The zero-order valence-corrected chi connectivity index (χ0v) is 21.0. The van der Waals surface area contributed by atoms with Crippen molar-refractivity contribution in [3.05, 3.63) is 35.9 Å². The molecule has 0 aromatic heterocycles. The van der Waals surface area contributed by atoms with Gasteiger partial charge in [-0.3, -0.25) is 10.1 Å². The lowest BCUT2D eigenvalue weighted by molar-refractivity contribution is -0.211. The Morgan fingerprint density at radius 2 is 1.50 bits per heavy atom. The van der Waals surface area contributed by atoms with Crippen LogP contribution in [-0.2, 0) is 34.1 Å². The number of hydrogen-bond donors (Lipinski definition) is 2. The second-order valence-corrected chi connectivity index (χ2v) is 9.87. The number of nitrogens with one attached hydrogen (secondary N) is 1. The van der Waals surface area contributed by atoms with E-state index in [0.29, 0.717) is 0 Å². The normalized spacial score (nSPS) is 20.1. The highest BCUT2D eigenvalue weighted by atomic mass is 19.1. The highest BCUT2D eigenvalue weighted by molar-refractivity contribution is 5.89. The van der Waals surface area contributed by atoms with Crippen LogP contribution >= 0.6 is 0 Å². The molecule has 0 radical (unpaired) electrons. The third-order valence-electron chi connectivity index (χ3n) is 6.16. The van der Waals surface area contributed by atoms with E-state index >= 15 is 4.39 Å². The SMILES string of the molecule is CCOC(=O)C1(C(C)(O)C(F)(N[C@](C)(C(=O)OC(C)(C)C)c2ccccc2)C(=O)OCC)CC1. The molecule has 1 aromatic rings. The van der Waals surface area contributed by atoms with E-state index in [1.807, 2.05) is 0 Å². The largest absolute Gasteiger partial charge is 0.465 e. The predicted octanol–water partition coefficient (Wildman–Crippen LogP) is 3.16. The number of alkyl halides is 1. The first-order chi connectivity index (χ1) is 15.6. The zero-order valence-electron chi connectivity index (χ0n) is 21.0. The summed E-state index contributed by atoms with van der Waals surface area (Å²) < 4.78 is 32.6. The van der Waals surface area contributed by atoms with Crippen molar-refractivity contribution in [3.8, 4) is 0 Å². The Morgan fingerprint density at radius 1 is 0.971 bits per heavy atom. The van der Waals surface area contributed by atoms with Crippen molar-refractivity contribution in [2.24, 2.45) is 5.41 Å². The molecule has 2 N–H and O–H groups in total. The van der Waals surface area contributed by atoms with Crippen LogP contribution in [0.4, 0.5) is 4.39 Å². The Balaban J connectivity index is 2.67. The van der Waals surface area contributed by atoms with Crippen molar-refractivity contribution >= 4 is 17.9 Å². The van der Waals surface area contributed by atoms with Crippen molar-refractivity contribution in [1.29, 1.82) is 0 Å². The van der Waals surface area contributed by atoms with Gasteiger partial charge in [0.1, 0.15) is 22.2 Å². The number of carbonyl (C=O) groups is 3. The summed E-state index contributed by atoms with van der Waals surface area (Å²) in [7, 11) is 0. The van der Waals surface area contributed by atoms with E-state index in [-0.39, 0.29) is 31.6 Å². The van der Waals surface area contributed by atoms with Gasteiger partial charge in [0.25, 0.3) is 5.79 Å². The third-order valence-corrected chi connectivity index (χ3v) is 6.16. The summed E-state index contributed by atoms with van der Waals surface area (Å²) in [6.45, 7) is 10.2. The molecule has 1 aliphatic carbocycles. The number of rotatable bonds is 10. The van der Waals surface area contributed by atoms with Crippen molar-refractivity contribution < 1.29 is 38.1 Å². The predicted molar refractivity (Wildman–Crippen MR) is 122 cm³/mol. The van der Waals surface area contributed by atoms with Gasteiger partial charge in [0, 0.05) is 0 Å². The Labute approximate surface area is 200 Å². The van der Waals surface area contributed by atoms with Crippen molar-refractivity contribution in [2.75, 3.05) is 13.2 Å². The molecule has 3 atom stereocenters. The number of hydrogen-bond acceptors (Lipinski definition) is 8. The molecule has 0 saturated heterocycles. The lowest BCUT2D eigenvalue weighted by Gasteiger charge is -2.46. The van der Waals surface area contributed by atoms with Gasteiger partial charge in [-0.15, -0.1) is 0 Å². The van der Waals surface area contributed by atoms with Crippen molar-refractivity contribution in [2.45, 2.75) is 83.8 Å². The fourth-order valence-electron chi connectivity index (χ4n) is 3.95. The summed E-state index contributed by atoms with van der Waals surface area (Å²) in [5, 5.41) is 14.0. The monoisotopic (exact) mass is 481 g/mol. The average Bonchev–Trinajstić information content (AvgIpc) is 3.56. The van der Waals surface area contributed by atoms with Crippen LogP contribution in [0.1, 0.15) is 66.9 Å². The molecule has 0 aliphatic heterocycles. The highest BCUT2D eigenvalue weighted by Crippen LogP contribution is 2.59. The fourth-order valence-corrected chi connectivity index (χ4v) is 3.95. The van der Waals surface area contributed by atoms with E-state index in [1.165, 1.54) is 13.8 Å². The first-order valence-corrected chi connectivity index (χ1v) is 11.5. The molecule has 34 heavy (non-hydrogen) atoms. The maximum Gasteiger partial charge on any atom is 0.362 e. The van der Waals surface area contributed by atoms with Crippen LogP contribution in [0, 0.1) is 5.41 Å². The smallest absolute Gasteiger partial charge is 0.362 e. The van der Waals surface area contributed by atoms with Crippen LogP contribution in [0.2, 0.25) is 0 Å². The van der Waals surface area contributed by atoms with Gasteiger partial charge >= 0.3 is 17.9 Å². The third kappa shape index (κ3) is 4.95. The number of carbonyl (C=O) groups excluding carboxylic acids is 3. The van der Waals surface area contributed by atoms with Crippen LogP contribution in [0.3, 0.4) is 0 Å². The van der Waals surface area contributed by atoms with Gasteiger partial charge in [0.2, 0.25) is 0 Å². The van der Waals surface area contributed by atoms with Gasteiger partial charge in [-0.2, -0.15) is 0 Å². The van der Waals surface area contributed by atoms with Gasteiger partial charge in [0.05, 0.1) is 13.2 Å². The summed E-state index contributed by atoms with van der Waals surface area (Å²) in [6, 6.07) is 8.13. The van der Waals surface area contributed by atoms with E-state index in [1.54, 1.807) is 58.0 Å². The first kappa shape index (κ1) is 27.7. The van der Waals surface area contributed by atoms with Gasteiger partial charge < -0.3 is 19.3 Å². The van der Waals surface area contributed by atoms with Crippen LogP contribution in [0.5, 0.6) is 0 Å². The quantitative estimate of drug-likeness (QED) is 0.298. The summed E-state index contributed by atoms with van der Waals surface area (Å²) >= 11 is 0. The summed E-state index contributed by atoms with van der Waals surface area (Å²) in [4.78, 5) is 39.2. The van der Waals surface area contributed by atoms with E-state index < -0.39 is 45.9 Å². The molecular weight excluding hydrogens is 445 g/mol. The molecule has 2 unspecified atom stereocenters. The molecule has 9 heteroatoms. The Morgan fingerprint density at radius 3 is 1.94 bits per heavy atom. The molecular formula is C25H36FNO7. The molecule has 0 spiro atoms. The minimum absolute atomic E-state index is 0.0163. The Hall–Kier alpha value is -2.52. The summed E-state index contributed by atoms with van der Waals surface area (Å²) in [5.41, 5.74) is -6.90. The van der Waals surface area contributed by atoms with E-state index in [2.05, 4.69) is 5.32 Å². The van der Waals surface area contributed by atoms with Crippen LogP contribution in [0.25, 0.3) is 0 Å². The Kier molecular flexibility index (Phi) is 7.84. The molecule has 1 saturated carbocycles. The number of benzene rings is 1. The second-order valence-electron chi connectivity index (χ2n) is 9.87. The molecule has 1 aromatic carbocycles. The zero-order chi connectivity index (χ0) is 26.0. The maximum absolute atomic E-state index is 17.0. The van der Waals surface area contributed by atoms with Gasteiger partial charge in [-0.25, -0.2) is 14.0 Å². The average molecular weight is 482 g/mol. The Bertz CT molecular complexity index is 908. The lowest BCUT2D eigenvalue weighted by atomic mass is 9.76. The minimum atomic E-state index is -3.38. The molecule has 8 nitrogen and oxygen atoms in total. The molecule has 0 bridgehead atoms. The van der Waals surface area contributed by atoms with Gasteiger partial charge in [-0.1, -0.05) is 30.3 Å². The molecule has 0 amide bonds. The first-order valence-electron chi connectivity index (χ1n) is 11.5. The van der Waals surface area contributed by atoms with Crippen LogP contribution in [-0.4, -0.2) is 53.2 Å². The lowest BCUT2D eigenvalue weighted by Crippen LogP contribution is -2.73. The van der Waals surface area contributed by atoms with Crippen molar-refractivity contribution in [3.63, 3.8) is 0 Å². The van der Waals surface area contributed by atoms with Crippen molar-refractivity contribution in [1.82, 2.24) is 5.32 Å². The number of aliphatic hydroxyl groups is 1. The van der Waals surface area contributed by atoms with E-state index in [0.717, 1.165) is 6.92 Å². The molecule has 190 valence electrons. The number of esters is 3. The number of ether oxygens (including phenoxy) is 3. The van der Waals surface area contributed by atoms with Crippen LogP contribution < -0.4 is 5.32 Å². The summed E-state index contributed by atoms with van der Waals surface area (Å²) in [5.74, 6) is -6.55. The standard InChI is InChI=1S/C25H36FNO7/c1-8-32-19(29)24(15-16-24)23(7,31)25(26,20(30)33-9-2)27-22(6,17-13-11-10-12-14-17)18(28)34-21(3,4)5/h10-14,27,31H,8-9,15-16H2,1-7H3/t22-,23?,25?/m0/s1. The van der Waals surface area contributed by atoms with Crippen LogP contribution in [0.15, 0.2) is 30.3 Å². The second kappa shape index (κ2) is 9.62. The van der Waals surface area contributed by atoms with Gasteiger partial charge in [-0.05, 0) is 66.9 Å². The fraction of sp³-hybridized carbons (Fsp3) is 0.640. The summed E-state index contributed by atoms with van der Waals surface area (Å²) in [6.07, 6.45) is 0.195. The highest BCUT2D eigenvalue weighted by Gasteiger charge is 2.75. The molecule has 0 heterocycles. The molecule has 1 aliphatic rings. The maximum atomic E-state index is 17.0. The van der Waals surface area contributed by atoms with E-state index in [9.17, 15) is 19.5 Å². The topological polar surface area (TPSA) is 111 Å². The molecule has 2 rings (SSSR count). The minimum Gasteiger partial charge on any atom is -0.465 e. The molecule has 1 fully saturated rings. The number of halogens is 1. The van der Waals surface area contributed by atoms with E-state index in [4.69, 9.17) is 14.2 Å². The van der Waals surface area contributed by atoms with Gasteiger partial charge in [0.15, 0.2) is 0 Å².